The van der Waals surface area contributed by atoms with E-state index in [0.717, 1.165) is 5.75 Å². The highest BCUT2D eigenvalue weighted by atomic mass is 32.2. The Labute approximate surface area is 55.8 Å². The van der Waals surface area contributed by atoms with Crippen LogP contribution in [0.1, 0.15) is 6.92 Å². The summed E-state index contributed by atoms with van der Waals surface area (Å²) in [5, 5.41) is 0. The minimum atomic E-state index is -3.13. The van der Waals surface area contributed by atoms with Gasteiger partial charge in [0.2, 0.25) is 10.0 Å². The lowest BCUT2D eigenvalue weighted by Gasteiger charge is -1.97. The minimum Gasteiger partial charge on any atom is -0.212 e. The second kappa shape index (κ2) is 3.63. The molecule has 0 atom stereocenters. The number of sulfonamides is 1. The van der Waals surface area contributed by atoms with Crippen LogP contribution in [0.5, 0.6) is 0 Å². The molecule has 0 heterocycles. The van der Waals surface area contributed by atoms with Crippen molar-refractivity contribution in [1.82, 2.24) is 4.72 Å². The van der Waals surface area contributed by atoms with Gasteiger partial charge in [-0.2, -0.15) is 0 Å². The van der Waals surface area contributed by atoms with Gasteiger partial charge < -0.3 is 0 Å². The van der Waals surface area contributed by atoms with Crippen LogP contribution in [0, 0.1) is 5.75 Å². The maximum atomic E-state index is 10.5. The Balaban J connectivity index is 3.74. The number of rotatable bonds is 4. The van der Waals surface area contributed by atoms with Gasteiger partial charge in [-0.15, -0.1) is 6.58 Å². The van der Waals surface area contributed by atoms with Gasteiger partial charge in [0, 0.05) is 6.54 Å². The molecule has 0 aromatic rings. The van der Waals surface area contributed by atoms with Gasteiger partial charge >= 0.3 is 0 Å². The Kier molecular flexibility index (Phi) is 3.49. The van der Waals surface area contributed by atoms with Crippen LogP contribution in [-0.4, -0.2) is 15.0 Å². The molecular formula is C5H10NO2S. The van der Waals surface area contributed by atoms with Gasteiger partial charge in [-0.25, -0.2) is 13.1 Å². The molecule has 0 saturated heterocycles. The largest absolute Gasteiger partial charge is 0.215 e. The summed E-state index contributed by atoms with van der Waals surface area (Å²) in [5.74, 6) is 1.11. The lowest BCUT2D eigenvalue weighted by Crippen LogP contribution is -2.22. The van der Waals surface area contributed by atoms with Crippen LogP contribution in [0.2, 0.25) is 0 Å². The molecule has 0 aromatic heterocycles. The Hall–Kier alpha value is -0.350. The Morgan fingerprint density at radius 3 is 2.56 bits per heavy atom. The predicted molar refractivity (Wildman–Crippen MR) is 37.1 cm³/mol. The van der Waals surface area contributed by atoms with E-state index in [1.807, 2.05) is 0 Å². The zero-order valence-electron chi connectivity index (χ0n) is 5.29. The molecule has 0 aliphatic rings. The molecular weight excluding hydrogens is 138 g/mol. The van der Waals surface area contributed by atoms with Gasteiger partial charge in [-0.3, -0.25) is 0 Å². The third-order valence-electron chi connectivity index (χ3n) is 0.739. The Bertz CT molecular complexity index is 171. The highest BCUT2D eigenvalue weighted by molar-refractivity contribution is 7.91. The molecule has 0 bridgehead atoms. The van der Waals surface area contributed by atoms with Crippen LogP contribution in [0.15, 0.2) is 12.7 Å². The Morgan fingerprint density at radius 1 is 1.67 bits per heavy atom. The van der Waals surface area contributed by atoms with Gasteiger partial charge in [0.15, 0.2) is 0 Å². The summed E-state index contributed by atoms with van der Waals surface area (Å²) in [7, 11) is -3.13. The lowest BCUT2D eigenvalue weighted by molar-refractivity contribution is 0.591. The first-order valence-electron chi connectivity index (χ1n) is 2.52. The SMILES string of the molecule is C=CCNS(=O)(=O)[CH]C. The number of hydrogen-bond donors (Lipinski definition) is 1. The van der Waals surface area contributed by atoms with E-state index in [2.05, 4.69) is 11.3 Å². The summed E-state index contributed by atoms with van der Waals surface area (Å²) in [4.78, 5) is 0. The number of hydrogen-bond acceptors (Lipinski definition) is 2. The van der Waals surface area contributed by atoms with Crippen molar-refractivity contribution in [3.05, 3.63) is 18.4 Å². The molecule has 0 fully saturated rings. The average molecular weight is 148 g/mol. The molecule has 9 heavy (non-hydrogen) atoms. The molecule has 53 valence electrons. The lowest BCUT2D eigenvalue weighted by atomic mass is 10.7. The van der Waals surface area contributed by atoms with Crippen molar-refractivity contribution in [2.75, 3.05) is 6.54 Å². The summed E-state index contributed by atoms with van der Waals surface area (Å²) >= 11 is 0. The van der Waals surface area contributed by atoms with Crippen molar-refractivity contribution >= 4 is 10.0 Å². The Morgan fingerprint density at radius 2 is 2.22 bits per heavy atom. The fourth-order valence-electron chi connectivity index (χ4n) is 0.258. The predicted octanol–water partition coefficient (Wildman–Crippen LogP) is 0.273. The van der Waals surface area contributed by atoms with Crippen LogP contribution in [0.25, 0.3) is 0 Å². The summed E-state index contributed by atoms with van der Waals surface area (Å²) in [6.45, 7) is 5.11. The third-order valence-corrected chi connectivity index (χ3v) is 1.93. The monoisotopic (exact) mass is 148 g/mol. The second-order valence-corrected chi connectivity index (χ2v) is 3.27. The van der Waals surface area contributed by atoms with Crippen LogP contribution in [0.4, 0.5) is 0 Å². The zero-order chi connectivity index (χ0) is 7.33. The van der Waals surface area contributed by atoms with Crippen LogP contribution in [0.3, 0.4) is 0 Å². The highest BCUT2D eigenvalue weighted by Crippen LogP contribution is 1.85. The van der Waals surface area contributed by atoms with E-state index in [0.29, 0.717) is 0 Å². The highest BCUT2D eigenvalue weighted by Gasteiger charge is 2.02. The van der Waals surface area contributed by atoms with Crippen molar-refractivity contribution in [3.8, 4) is 0 Å². The molecule has 0 aliphatic carbocycles. The topological polar surface area (TPSA) is 46.2 Å². The molecule has 0 unspecified atom stereocenters. The van der Waals surface area contributed by atoms with E-state index in [-0.39, 0.29) is 6.54 Å². The van der Waals surface area contributed by atoms with Gasteiger partial charge in [0.05, 0.1) is 5.75 Å². The maximum absolute atomic E-state index is 10.5. The molecule has 0 aliphatic heterocycles. The number of nitrogens with one attached hydrogen (secondary N) is 1. The molecule has 0 rings (SSSR count). The van der Waals surface area contributed by atoms with Gasteiger partial charge in [-0.05, 0) is 6.92 Å². The van der Waals surface area contributed by atoms with Crippen LogP contribution in [-0.2, 0) is 10.0 Å². The van der Waals surface area contributed by atoms with Crippen LogP contribution < -0.4 is 4.72 Å². The van der Waals surface area contributed by atoms with E-state index in [9.17, 15) is 8.42 Å². The van der Waals surface area contributed by atoms with Gasteiger partial charge in [-0.1, -0.05) is 6.08 Å². The smallest absolute Gasteiger partial charge is 0.212 e. The van der Waals surface area contributed by atoms with E-state index in [4.69, 9.17) is 0 Å². The summed E-state index contributed by atoms with van der Waals surface area (Å²) in [6, 6.07) is 0. The molecule has 4 heteroatoms. The summed E-state index contributed by atoms with van der Waals surface area (Å²) in [5.41, 5.74) is 0. The molecule has 0 amide bonds. The van der Waals surface area contributed by atoms with Crippen molar-refractivity contribution in [2.45, 2.75) is 6.92 Å². The van der Waals surface area contributed by atoms with Crippen LogP contribution >= 0.6 is 0 Å². The molecule has 1 N–H and O–H groups in total. The van der Waals surface area contributed by atoms with E-state index < -0.39 is 10.0 Å². The normalized spacial score (nSPS) is 11.2. The molecule has 0 aromatic carbocycles. The molecule has 3 nitrogen and oxygen atoms in total. The summed E-state index contributed by atoms with van der Waals surface area (Å²) in [6.07, 6.45) is 1.49. The van der Waals surface area contributed by atoms with E-state index in [1.54, 1.807) is 0 Å². The fourth-order valence-corrected chi connectivity index (χ4v) is 0.775. The second-order valence-electron chi connectivity index (χ2n) is 1.42. The molecule has 0 spiro atoms. The van der Waals surface area contributed by atoms with Crippen molar-refractivity contribution in [2.24, 2.45) is 0 Å². The quantitative estimate of drug-likeness (QED) is 0.582. The zero-order valence-corrected chi connectivity index (χ0v) is 6.11. The van der Waals surface area contributed by atoms with Crippen molar-refractivity contribution in [3.63, 3.8) is 0 Å². The fraction of sp³-hybridized carbons (Fsp3) is 0.400. The van der Waals surface area contributed by atoms with Crippen molar-refractivity contribution in [1.29, 1.82) is 0 Å². The van der Waals surface area contributed by atoms with E-state index >= 15 is 0 Å². The average Bonchev–Trinajstić information content (AvgIpc) is 1.84. The van der Waals surface area contributed by atoms with E-state index in [1.165, 1.54) is 13.0 Å². The molecule has 1 radical (unpaired) electrons. The third kappa shape index (κ3) is 4.17. The first-order chi connectivity index (χ1) is 4.12. The first kappa shape index (κ1) is 8.65. The minimum absolute atomic E-state index is 0.284. The molecule has 0 saturated carbocycles. The summed E-state index contributed by atoms with van der Waals surface area (Å²) < 4.78 is 23.3. The van der Waals surface area contributed by atoms with Gasteiger partial charge in [0.25, 0.3) is 0 Å². The standard InChI is InChI=1S/C5H10NO2S/c1-3-5-6-9(7,8)4-2/h3-4,6H,1,5H2,2H3. The van der Waals surface area contributed by atoms with Crippen molar-refractivity contribution < 1.29 is 8.42 Å². The maximum Gasteiger partial charge on any atom is 0.215 e. The first-order valence-corrected chi connectivity index (χ1v) is 4.07. The van der Waals surface area contributed by atoms with Gasteiger partial charge in [0.1, 0.15) is 0 Å².